The molecule has 0 aliphatic carbocycles. The highest BCUT2D eigenvalue weighted by molar-refractivity contribution is 5.95. The van der Waals surface area contributed by atoms with Gasteiger partial charge < -0.3 is 19.4 Å². The molecule has 1 saturated heterocycles. The second kappa shape index (κ2) is 9.99. The zero-order valence-electron chi connectivity index (χ0n) is 22.5. The van der Waals surface area contributed by atoms with E-state index in [-0.39, 0.29) is 29.0 Å². The second-order valence-corrected chi connectivity index (χ2v) is 10.9. The lowest BCUT2D eigenvalue weighted by Gasteiger charge is -2.40. The lowest BCUT2D eigenvalue weighted by molar-refractivity contribution is -0.000647. The van der Waals surface area contributed by atoms with E-state index in [0.29, 0.717) is 60.3 Å². The Morgan fingerprint density at radius 2 is 1.89 bits per heavy atom. The lowest BCUT2D eigenvalue weighted by atomic mass is 10.1. The molecule has 0 saturated carbocycles. The van der Waals surface area contributed by atoms with Crippen LogP contribution in [0.3, 0.4) is 0 Å². The van der Waals surface area contributed by atoms with Crippen molar-refractivity contribution in [3.8, 4) is 17.1 Å². The summed E-state index contributed by atoms with van der Waals surface area (Å²) in [7, 11) is 0. The number of aromatic amines is 1. The van der Waals surface area contributed by atoms with Crippen LogP contribution in [0.1, 0.15) is 70.6 Å². The minimum Gasteiger partial charge on any atom is -0.493 e. The van der Waals surface area contributed by atoms with Gasteiger partial charge in [-0.1, -0.05) is 20.8 Å². The maximum Gasteiger partial charge on any atom is 0.410 e. The first kappa shape index (κ1) is 26.4. The number of benzene rings is 1. The molecule has 37 heavy (non-hydrogen) atoms. The van der Waals surface area contributed by atoms with Crippen molar-refractivity contribution >= 4 is 22.9 Å². The molecule has 10 heteroatoms. The summed E-state index contributed by atoms with van der Waals surface area (Å²) in [6.07, 6.45) is 0.232. The van der Waals surface area contributed by atoms with E-state index >= 15 is 0 Å². The van der Waals surface area contributed by atoms with Crippen molar-refractivity contribution in [1.82, 2.24) is 24.6 Å². The fourth-order valence-electron chi connectivity index (χ4n) is 4.20. The Morgan fingerprint density at radius 1 is 1.19 bits per heavy atom. The number of likely N-dealkylation sites (tertiary alicyclic amines) is 1. The molecule has 3 aromatic rings. The van der Waals surface area contributed by atoms with Crippen LogP contribution >= 0.6 is 0 Å². The first-order valence-electron chi connectivity index (χ1n) is 12.7. The Labute approximate surface area is 216 Å². The van der Waals surface area contributed by atoms with Crippen LogP contribution < -0.4 is 10.3 Å². The van der Waals surface area contributed by atoms with E-state index in [1.54, 1.807) is 27.8 Å². The van der Waals surface area contributed by atoms with E-state index in [9.17, 15) is 14.4 Å². The average molecular weight is 510 g/mol. The van der Waals surface area contributed by atoms with Crippen LogP contribution in [0.5, 0.6) is 5.75 Å². The van der Waals surface area contributed by atoms with Crippen molar-refractivity contribution in [2.75, 3.05) is 19.7 Å². The van der Waals surface area contributed by atoms with Crippen LogP contribution in [0.15, 0.2) is 23.0 Å². The molecule has 0 spiro atoms. The maximum absolute atomic E-state index is 13.1. The van der Waals surface area contributed by atoms with Crippen LogP contribution in [-0.2, 0) is 11.2 Å². The van der Waals surface area contributed by atoms with Gasteiger partial charge in [-0.2, -0.15) is 5.10 Å². The number of carbonyl (C=O) groups is 2. The number of hydrogen-bond acceptors (Lipinski definition) is 7. The quantitative estimate of drug-likeness (QED) is 0.470. The SMILES string of the molecule is CCc1c2nc(-c3cc(C(C)=O)ccc3OCC(C)C)[nH]c(=O)c2nn1C1CN(C(=O)OC(C)(C)C)C1. The smallest absolute Gasteiger partial charge is 0.410 e. The third-order valence-corrected chi connectivity index (χ3v) is 6.06. The van der Waals surface area contributed by atoms with E-state index in [1.165, 1.54) is 6.92 Å². The van der Waals surface area contributed by atoms with Gasteiger partial charge in [0.1, 0.15) is 22.7 Å². The summed E-state index contributed by atoms with van der Waals surface area (Å²) in [5.41, 5.74) is 1.65. The van der Waals surface area contributed by atoms with Gasteiger partial charge in [0.15, 0.2) is 11.3 Å². The van der Waals surface area contributed by atoms with Crippen molar-refractivity contribution in [3.05, 3.63) is 39.8 Å². The fraction of sp³-hybridized carbons (Fsp3) is 0.519. The normalized spacial score (nSPS) is 14.2. The van der Waals surface area contributed by atoms with Crippen molar-refractivity contribution in [3.63, 3.8) is 0 Å². The zero-order valence-corrected chi connectivity index (χ0v) is 22.5. The van der Waals surface area contributed by atoms with Crippen LogP contribution in [0, 0.1) is 5.92 Å². The average Bonchev–Trinajstić information content (AvgIpc) is 3.13. The third kappa shape index (κ3) is 5.52. The molecule has 1 aliphatic heterocycles. The predicted molar refractivity (Wildman–Crippen MR) is 140 cm³/mol. The van der Waals surface area contributed by atoms with Gasteiger partial charge in [-0.25, -0.2) is 9.78 Å². The van der Waals surface area contributed by atoms with Crippen molar-refractivity contribution in [1.29, 1.82) is 0 Å². The summed E-state index contributed by atoms with van der Waals surface area (Å²) < 4.78 is 13.2. The number of nitrogens with one attached hydrogen (secondary N) is 1. The summed E-state index contributed by atoms with van der Waals surface area (Å²) in [6, 6.07) is 5.07. The molecule has 4 rings (SSSR count). The van der Waals surface area contributed by atoms with Gasteiger partial charge >= 0.3 is 6.09 Å². The van der Waals surface area contributed by atoms with Gasteiger partial charge in [0, 0.05) is 18.7 Å². The first-order valence-corrected chi connectivity index (χ1v) is 12.7. The van der Waals surface area contributed by atoms with Gasteiger partial charge in [-0.15, -0.1) is 0 Å². The van der Waals surface area contributed by atoms with Crippen molar-refractivity contribution < 1.29 is 19.1 Å². The molecule has 0 radical (unpaired) electrons. The predicted octanol–water partition coefficient (Wildman–Crippen LogP) is 4.38. The van der Waals surface area contributed by atoms with Gasteiger partial charge in [-0.3, -0.25) is 14.3 Å². The number of fused-ring (bicyclic) bond motifs is 1. The molecule has 1 fully saturated rings. The third-order valence-electron chi connectivity index (χ3n) is 6.06. The number of aromatic nitrogens is 4. The van der Waals surface area contributed by atoms with Crippen LogP contribution in [0.25, 0.3) is 22.4 Å². The molecule has 0 unspecified atom stereocenters. The number of ketones is 1. The molecular formula is C27H35N5O5. The Morgan fingerprint density at radius 3 is 2.49 bits per heavy atom. The fourth-order valence-corrected chi connectivity index (χ4v) is 4.20. The molecule has 2 aromatic heterocycles. The topological polar surface area (TPSA) is 119 Å². The highest BCUT2D eigenvalue weighted by Crippen LogP contribution is 2.32. The molecule has 1 amide bonds. The number of rotatable bonds is 7. The van der Waals surface area contributed by atoms with Crippen molar-refractivity contribution in [2.45, 2.75) is 66.5 Å². The largest absolute Gasteiger partial charge is 0.493 e. The van der Waals surface area contributed by atoms with Gasteiger partial charge in [0.25, 0.3) is 5.56 Å². The number of carbonyl (C=O) groups excluding carboxylic acids is 2. The first-order chi connectivity index (χ1) is 17.4. The molecule has 1 aromatic carbocycles. The zero-order chi connectivity index (χ0) is 27.1. The molecule has 1 aliphatic rings. The summed E-state index contributed by atoms with van der Waals surface area (Å²) in [5.74, 6) is 1.06. The minimum atomic E-state index is -0.567. The molecule has 10 nitrogen and oxygen atoms in total. The molecule has 1 N–H and O–H groups in total. The Bertz CT molecular complexity index is 1390. The summed E-state index contributed by atoms with van der Waals surface area (Å²) >= 11 is 0. The van der Waals surface area contributed by atoms with Crippen LogP contribution in [-0.4, -0.2) is 61.8 Å². The summed E-state index contributed by atoms with van der Waals surface area (Å²) in [5, 5.41) is 4.58. The van der Waals surface area contributed by atoms with Gasteiger partial charge in [0.05, 0.1) is 23.9 Å². The second-order valence-electron chi connectivity index (χ2n) is 10.9. The molecular weight excluding hydrogens is 474 g/mol. The maximum atomic E-state index is 13.1. The number of aryl methyl sites for hydroxylation is 1. The Balaban J connectivity index is 1.72. The number of amides is 1. The number of hydrogen-bond donors (Lipinski definition) is 1. The highest BCUT2D eigenvalue weighted by Gasteiger charge is 2.37. The summed E-state index contributed by atoms with van der Waals surface area (Å²) in [6.45, 7) is 14.4. The van der Waals surface area contributed by atoms with Gasteiger partial charge in [-0.05, 0) is 58.2 Å². The van der Waals surface area contributed by atoms with E-state index in [2.05, 4.69) is 10.1 Å². The minimum absolute atomic E-state index is 0.0782. The molecule has 0 atom stereocenters. The number of Topliss-reactive ketones (excluding diaryl/α,β-unsaturated/α-hetero) is 1. The Hall–Kier alpha value is -3.69. The van der Waals surface area contributed by atoms with E-state index in [0.717, 1.165) is 5.69 Å². The van der Waals surface area contributed by atoms with E-state index < -0.39 is 5.60 Å². The number of H-pyrrole nitrogens is 1. The lowest BCUT2D eigenvalue weighted by Crippen LogP contribution is -2.52. The Kier molecular flexibility index (Phi) is 7.12. The van der Waals surface area contributed by atoms with E-state index in [4.69, 9.17) is 14.5 Å². The van der Waals surface area contributed by atoms with Crippen molar-refractivity contribution in [2.24, 2.45) is 5.92 Å². The van der Waals surface area contributed by atoms with Gasteiger partial charge in [0.2, 0.25) is 0 Å². The van der Waals surface area contributed by atoms with E-state index in [1.807, 2.05) is 41.5 Å². The standard InChI is InChI=1S/C27H35N5O5/c1-8-20-22-23(30-32(20)18-12-31(13-18)26(35)37-27(5,6)7)25(34)29-24(28-22)19-11-17(16(4)33)9-10-21(19)36-14-15(2)3/h9-11,15,18H,8,12-14H2,1-7H3,(H,28,29,34). The molecule has 0 bridgehead atoms. The number of nitrogens with zero attached hydrogens (tertiary/aromatic N) is 4. The van der Waals surface area contributed by atoms with Crippen LogP contribution in [0.2, 0.25) is 0 Å². The highest BCUT2D eigenvalue weighted by atomic mass is 16.6. The molecule has 3 heterocycles. The number of ether oxygens (including phenoxy) is 2. The summed E-state index contributed by atoms with van der Waals surface area (Å²) in [4.78, 5) is 46.8. The van der Waals surface area contributed by atoms with Crippen LogP contribution in [0.4, 0.5) is 4.79 Å². The monoisotopic (exact) mass is 509 g/mol. The molecule has 198 valence electrons.